The first kappa shape index (κ1) is 24.2. The lowest BCUT2D eigenvalue weighted by atomic mass is 10.0. The van der Waals surface area contributed by atoms with Crippen LogP contribution in [0.2, 0.25) is 0 Å². The Kier molecular flexibility index (Phi) is 7.89. The number of carbonyl (C=O) groups excluding carboxylic acids is 1. The van der Waals surface area contributed by atoms with Gasteiger partial charge in [-0.1, -0.05) is 30.3 Å². The Morgan fingerprint density at radius 2 is 1.75 bits per heavy atom. The second-order valence-electron chi connectivity index (χ2n) is 7.88. The zero-order valence-corrected chi connectivity index (χ0v) is 17.6. The number of nitrogens with zero attached hydrogens (tertiary/aromatic N) is 1. The molecular formula is C23H27F3N2O4. The third-order valence-electron chi connectivity index (χ3n) is 5.68. The molecule has 1 aliphatic heterocycles. The van der Waals surface area contributed by atoms with Gasteiger partial charge >= 0.3 is 6.18 Å². The van der Waals surface area contributed by atoms with Crippen LogP contribution in [0.15, 0.2) is 54.6 Å². The van der Waals surface area contributed by atoms with Crippen LogP contribution in [0.25, 0.3) is 0 Å². The van der Waals surface area contributed by atoms with Gasteiger partial charge in [-0.2, -0.15) is 13.2 Å². The van der Waals surface area contributed by atoms with E-state index in [9.17, 15) is 28.2 Å². The van der Waals surface area contributed by atoms with E-state index >= 15 is 0 Å². The molecule has 0 spiro atoms. The average Bonchev–Trinajstić information content (AvgIpc) is 3.11. The minimum Gasteiger partial charge on any atom is -0.394 e. The van der Waals surface area contributed by atoms with Crippen LogP contribution < -0.4 is 5.32 Å². The van der Waals surface area contributed by atoms with Crippen molar-refractivity contribution in [1.29, 1.82) is 0 Å². The fraction of sp³-hybridized carbons (Fsp3) is 0.435. The largest absolute Gasteiger partial charge is 0.416 e. The highest BCUT2D eigenvalue weighted by Crippen LogP contribution is 2.29. The smallest absolute Gasteiger partial charge is 0.394 e. The molecular weight excluding hydrogens is 425 g/mol. The molecule has 0 saturated carbocycles. The molecule has 0 aromatic heterocycles. The quantitative estimate of drug-likeness (QED) is 0.572. The van der Waals surface area contributed by atoms with Crippen molar-refractivity contribution in [2.75, 3.05) is 26.7 Å². The summed E-state index contributed by atoms with van der Waals surface area (Å²) in [7, 11) is 1.84. The Bertz CT molecular complexity index is 877. The highest BCUT2D eigenvalue weighted by molar-refractivity contribution is 5.94. The molecule has 1 amide bonds. The van der Waals surface area contributed by atoms with E-state index < -0.39 is 42.0 Å². The SMILES string of the molecule is CN(CCc1ccccc1)C1C(CNC(=O)c2ccc(C(F)(F)F)cc2)OC(CO)C1O. The summed E-state index contributed by atoms with van der Waals surface area (Å²) in [6.45, 7) is 0.290. The van der Waals surface area contributed by atoms with E-state index in [-0.39, 0.29) is 18.7 Å². The molecule has 0 aliphatic carbocycles. The van der Waals surface area contributed by atoms with Gasteiger partial charge in [0.2, 0.25) is 0 Å². The Morgan fingerprint density at radius 3 is 2.34 bits per heavy atom. The zero-order chi connectivity index (χ0) is 23.3. The monoisotopic (exact) mass is 452 g/mol. The molecule has 0 radical (unpaired) electrons. The number of alkyl halides is 3. The lowest BCUT2D eigenvalue weighted by molar-refractivity contribution is -0.137. The van der Waals surface area contributed by atoms with Crippen molar-refractivity contribution in [2.24, 2.45) is 0 Å². The molecule has 3 N–H and O–H groups in total. The number of aliphatic hydroxyl groups is 2. The topological polar surface area (TPSA) is 82.0 Å². The number of amides is 1. The molecule has 1 aliphatic rings. The van der Waals surface area contributed by atoms with E-state index in [0.29, 0.717) is 6.54 Å². The third-order valence-corrected chi connectivity index (χ3v) is 5.68. The predicted octanol–water partition coefficient (Wildman–Crippen LogP) is 2.10. The van der Waals surface area contributed by atoms with Crippen molar-refractivity contribution in [3.63, 3.8) is 0 Å². The van der Waals surface area contributed by atoms with E-state index in [1.165, 1.54) is 0 Å². The van der Waals surface area contributed by atoms with Gasteiger partial charge in [-0.25, -0.2) is 0 Å². The maximum Gasteiger partial charge on any atom is 0.416 e. The van der Waals surface area contributed by atoms with E-state index in [1.54, 1.807) is 0 Å². The molecule has 2 aromatic rings. The summed E-state index contributed by atoms with van der Waals surface area (Å²) >= 11 is 0. The van der Waals surface area contributed by atoms with Crippen molar-refractivity contribution < 1.29 is 32.9 Å². The summed E-state index contributed by atoms with van der Waals surface area (Å²) in [6.07, 6.45) is -6.06. The van der Waals surface area contributed by atoms with Crippen LogP contribution in [0.1, 0.15) is 21.5 Å². The van der Waals surface area contributed by atoms with Crippen LogP contribution >= 0.6 is 0 Å². The number of halogens is 3. The summed E-state index contributed by atoms with van der Waals surface area (Å²) in [6, 6.07) is 13.3. The summed E-state index contributed by atoms with van der Waals surface area (Å²) in [5.41, 5.74) is 0.394. The standard InChI is InChI=1S/C23H27F3N2O4/c1-28(12-11-15-5-3-2-4-6-15)20-18(32-19(14-29)21(20)30)13-27-22(31)16-7-9-17(10-8-16)23(24,25)26/h2-10,18-21,29-30H,11-14H2,1H3,(H,27,31). The van der Waals surface area contributed by atoms with Crippen molar-refractivity contribution in [3.05, 3.63) is 71.3 Å². The molecule has 1 heterocycles. The maximum atomic E-state index is 12.7. The predicted molar refractivity (Wildman–Crippen MR) is 112 cm³/mol. The minimum absolute atomic E-state index is 0.0355. The zero-order valence-electron chi connectivity index (χ0n) is 17.6. The number of hydrogen-bond donors (Lipinski definition) is 3. The Morgan fingerprint density at radius 1 is 1.09 bits per heavy atom. The van der Waals surface area contributed by atoms with Crippen LogP contribution in [-0.2, 0) is 17.3 Å². The first-order chi connectivity index (χ1) is 15.2. The van der Waals surface area contributed by atoms with Crippen LogP contribution in [0.4, 0.5) is 13.2 Å². The Labute approximate surface area is 184 Å². The number of hydrogen-bond acceptors (Lipinski definition) is 5. The van der Waals surface area contributed by atoms with E-state index in [2.05, 4.69) is 5.32 Å². The maximum absolute atomic E-state index is 12.7. The second kappa shape index (κ2) is 10.4. The van der Waals surface area contributed by atoms with Crippen molar-refractivity contribution in [2.45, 2.75) is 37.0 Å². The lowest BCUT2D eigenvalue weighted by Gasteiger charge is -2.30. The van der Waals surface area contributed by atoms with Gasteiger partial charge < -0.3 is 20.3 Å². The summed E-state index contributed by atoms with van der Waals surface area (Å²) in [4.78, 5) is 14.3. The van der Waals surface area contributed by atoms with Gasteiger partial charge in [0.1, 0.15) is 12.2 Å². The van der Waals surface area contributed by atoms with Crippen LogP contribution in [0.5, 0.6) is 0 Å². The first-order valence-corrected chi connectivity index (χ1v) is 10.3. The fourth-order valence-electron chi connectivity index (χ4n) is 3.89. The fourth-order valence-corrected chi connectivity index (χ4v) is 3.89. The summed E-state index contributed by atoms with van der Waals surface area (Å²) < 4.78 is 43.9. The molecule has 0 bridgehead atoms. The minimum atomic E-state index is -4.47. The van der Waals surface area contributed by atoms with Gasteiger partial charge in [0.15, 0.2) is 0 Å². The number of benzene rings is 2. The molecule has 1 saturated heterocycles. The molecule has 2 aromatic carbocycles. The van der Waals surface area contributed by atoms with Gasteiger partial charge in [0.05, 0.1) is 24.3 Å². The van der Waals surface area contributed by atoms with Crippen molar-refractivity contribution >= 4 is 5.91 Å². The van der Waals surface area contributed by atoms with Gasteiger partial charge in [-0.05, 0) is 43.3 Å². The molecule has 1 fully saturated rings. The Balaban J connectivity index is 1.61. The van der Waals surface area contributed by atoms with Crippen molar-refractivity contribution in [3.8, 4) is 0 Å². The normalized spacial score (nSPS) is 23.5. The van der Waals surface area contributed by atoms with E-state index in [4.69, 9.17) is 4.74 Å². The second-order valence-corrected chi connectivity index (χ2v) is 7.88. The van der Waals surface area contributed by atoms with Crippen molar-refractivity contribution in [1.82, 2.24) is 10.2 Å². The number of likely N-dealkylation sites (N-methyl/N-ethyl adjacent to an activating group) is 1. The molecule has 4 atom stereocenters. The number of carbonyl (C=O) groups is 1. The molecule has 3 rings (SSSR count). The summed E-state index contributed by atoms with van der Waals surface area (Å²) in [5.74, 6) is -0.546. The lowest BCUT2D eigenvalue weighted by Crippen LogP contribution is -2.50. The summed E-state index contributed by atoms with van der Waals surface area (Å²) in [5, 5.41) is 22.8. The van der Waals surface area contributed by atoms with Gasteiger partial charge in [-0.15, -0.1) is 0 Å². The highest BCUT2D eigenvalue weighted by Gasteiger charge is 2.45. The molecule has 32 heavy (non-hydrogen) atoms. The number of nitrogens with one attached hydrogen (secondary N) is 1. The van der Waals surface area contributed by atoms with E-state index in [0.717, 1.165) is 36.2 Å². The first-order valence-electron chi connectivity index (χ1n) is 10.3. The number of ether oxygens (including phenoxy) is 1. The average molecular weight is 452 g/mol. The van der Waals surface area contributed by atoms with Crippen LogP contribution in [0.3, 0.4) is 0 Å². The van der Waals surface area contributed by atoms with E-state index in [1.807, 2.05) is 42.3 Å². The third kappa shape index (κ3) is 5.86. The molecule has 174 valence electrons. The van der Waals surface area contributed by atoms with Gasteiger partial charge in [-0.3, -0.25) is 9.69 Å². The van der Waals surface area contributed by atoms with Crippen LogP contribution in [0, 0.1) is 0 Å². The Hall–Kier alpha value is -2.46. The highest BCUT2D eigenvalue weighted by atomic mass is 19.4. The van der Waals surface area contributed by atoms with Gasteiger partial charge in [0.25, 0.3) is 5.91 Å². The molecule has 9 heteroatoms. The van der Waals surface area contributed by atoms with Crippen LogP contribution in [-0.4, -0.2) is 72.1 Å². The molecule has 6 nitrogen and oxygen atoms in total. The van der Waals surface area contributed by atoms with Gasteiger partial charge in [0, 0.05) is 18.7 Å². The molecule has 4 unspecified atom stereocenters. The number of aliphatic hydroxyl groups excluding tert-OH is 2. The number of rotatable bonds is 8.